The van der Waals surface area contributed by atoms with Gasteiger partial charge in [0, 0.05) is 28.6 Å². The fraction of sp³-hybridized carbons (Fsp3) is 0.412. The molecule has 1 aliphatic rings. The molecule has 112 valence electrons. The van der Waals surface area contributed by atoms with E-state index in [2.05, 4.69) is 50.4 Å². The molecule has 1 saturated heterocycles. The molecule has 2 aromatic carbocycles. The number of hydrogen-bond donors (Lipinski definition) is 2. The van der Waals surface area contributed by atoms with Crippen molar-refractivity contribution in [2.75, 3.05) is 31.5 Å². The van der Waals surface area contributed by atoms with Crippen molar-refractivity contribution in [2.24, 2.45) is 0 Å². The van der Waals surface area contributed by atoms with Gasteiger partial charge in [-0.1, -0.05) is 40.2 Å². The number of aliphatic hydroxyl groups is 1. The van der Waals surface area contributed by atoms with Gasteiger partial charge in [0.15, 0.2) is 0 Å². The molecule has 3 nitrogen and oxygen atoms in total. The quantitative estimate of drug-likeness (QED) is 0.868. The van der Waals surface area contributed by atoms with Crippen LogP contribution in [0.2, 0.25) is 0 Å². The number of β-amino-alcohol motifs (C(OH)–C–C–N with tert-alkyl or cyclic N) is 1. The van der Waals surface area contributed by atoms with Crippen LogP contribution in [0.1, 0.15) is 12.8 Å². The SMILES string of the molecule is OC(CNc1ccc(Br)c2ccccc12)CN1CCCC1. The maximum Gasteiger partial charge on any atom is 0.0839 e. The summed E-state index contributed by atoms with van der Waals surface area (Å²) in [6.45, 7) is 3.60. The molecule has 4 heteroatoms. The van der Waals surface area contributed by atoms with Crippen LogP contribution in [0.25, 0.3) is 10.8 Å². The highest BCUT2D eigenvalue weighted by atomic mass is 79.9. The van der Waals surface area contributed by atoms with Gasteiger partial charge in [-0.05, 0) is 43.5 Å². The molecule has 1 fully saturated rings. The number of hydrogen-bond acceptors (Lipinski definition) is 3. The summed E-state index contributed by atoms with van der Waals surface area (Å²) in [4.78, 5) is 2.34. The van der Waals surface area contributed by atoms with E-state index in [9.17, 15) is 5.11 Å². The summed E-state index contributed by atoms with van der Waals surface area (Å²) in [5.74, 6) is 0. The molecule has 21 heavy (non-hydrogen) atoms. The lowest BCUT2D eigenvalue weighted by Crippen LogP contribution is -2.34. The summed E-state index contributed by atoms with van der Waals surface area (Å²) in [5, 5.41) is 15.9. The van der Waals surface area contributed by atoms with Gasteiger partial charge >= 0.3 is 0 Å². The predicted molar refractivity (Wildman–Crippen MR) is 91.8 cm³/mol. The van der Waals surface area contributed by atoms with Crippen molar-refractivity contribution in [2.45, 2.75) is 18.9 Å². The Hall–Kier alpha value is -1.10. The van der Waals surface area contributed by atoms with Gasteiger partial charge in [-0.2, -0.15) is 0 Å². The van der Waals surface area contributed by atoms with E-state index in [1.165, 1.54) is 23.6 Å². The van der Waals surface area contributed by atoms with Gasteiger partial charge in [0.25, 0.3) is 0 Å². The Labute approximate surface area is 134 Å². The zero-order valence-corrected chi connectivity index (χ0v) is 13.6. The van der Waals surface area contributed by atoms with Crippen molar-refractivity contribution in [1.29, 1.82) is 0 Å². The van der Waals surface area contributed by atoms with Gasteiger partial charge in [-0.3, -0.25) is 0 Å². The van der Waals surface area contributed by atoms with Gasteiger partial charge in [0.1, 0.15) is 0 Å². The maximum atomic E-state index is 10.2. The molecule has 1 aliphatic heterocycles. The van der Waals surface area contributed by atoms with Crippen LogP contribution in [0.5, 0.6) is 0 Å². The Morgan fingerprint density at radius 2 is 1.81 bits per heavy atom. The van der Waals surface area contributed by atoms with E-state index in [4.69, 9.17) is 0 Å². The average Bonchev–Trinajstić information content (AvgIpc) is 3.00. The van der Waals surface area contributed by atoms with Gasteiger partial charge in [-0.25, -0.2) is 0 Å². The summed E-state index contributed by atoms with van der Waals surface area (Å²) in [5.41, 5.74) is 1.08. The Kier molecular flexibility index (Phi) is 4.78. The van der Waals surface area contributed by atoms with Crippen LogP contribution in [0.4, 0.5) is 5.69 Å². The standard InChI is InChI=1S/C17H21BrN2O/c18-16-7-8-17(15-6-2-1-5-14(15)16)19-11-13(21)12-20-9-3-4-10-20/h1-2,5-8,13,19,21H,3-4,9-12H2. The smallest absolute Gasteiger partial charge is 0.0839 e. The Bertz CT molecular complexity index is 611. The Morgan fingerprint density at radius 3 is 2.57 bits per heavy atom. The number of aliphatic hydroxyl groups excluding tert-OH is 1. The lowest BCUT2D eigenvalue weighted by atomic mass is 10.1. The molecule has 3 rings (SSSR count). The van der Waals surface area contributed by atoms with Crippen molar-refractivity contribution in [3.05, 3.63) is 40.9 Å². The van der Waals surface area contributed by atoms with Crippen LogP contribution in [-0.2, 0) is 0 Å². The molecule has 0 amide bonds. The van der Waals surface area contributed by atoms with E-state index in [1.54, 1.807) is 0 Å². The van der Waals surface area contributed by atoms with E-state index in [1.807, 2.05) is 12.1 Å². The lowest BCUT2D eigenvalue weighted by molar-refractivity contribution is 0.135. The van der Waals surface area contributed by atoms with E-state index in [0.717, 1.165) is 29.8 Å². The van der Waals surface area contributed by atoms with Crippen LogP contribution in [0, 0.1) is 0 Å². The molecule has 0 radical (unpaired) electrons. The average molecular weight is 349 g/mol. The first kappa shape index (κ1) is 14.8. The summed E-state index contributed by atoms with van der Waals surface area (Å²) in [7, 11) is 0. The number of halogens is 1. The molecule has 1 unspecified atom stereocenters. The summed E-state index contributed by atoms with van der Waals surface area (Å²) in [6, 6.07) is 12.4. The molecular weight excluding hydrogens is 328 g/mol. The van der Waals surface area contributed by atoms with Crippen molar-refractivity contribution in [3.63, 3.8) is 0 Å². The third-order valence-electron chi connectivity index (χ3n) is 4.07. The normalized spacial score (nSPS) is 17.2. The summed E-state index contributed by atoms with van der Waals surface area (Å²) in [6.07, 6.45) is 2.19. The minimum atomic E-state index is -0.328. The Morgan fingerprint density at radius 1 is 1.10 bits per heavy atom. The molecule has 0 aliphatic carbocycles. The van der Waals surface area contributed by atoms with E-state index in [0.29, 0.717) is 6.54 Å². The van der Waals surface area contributed by atoms with Gasteiger partial charge < -0.3 is 15.3 Å². The lowest BCUT2D eigenvalue weighted by Gasteiger charge is -2.20. The molecule has 0 aromatic heterocycles. The fourth-order valence-electron chi connectivity index (χ4n) is 2.97. The number of fused-ring (bicyclic) bond motifs is 1. The molecule has 2 N–H and O–H groups in total. The van der Waals surface area contributed by atoms with Crippen LogP contribution in [-0.4, -0.2) is 42.3 Å². The van der Waals surface area contributed by atoms with E-state index >= 15 is 0 Å². The Balaban J connectivity index is 1.66. The first-order chi connectivity index (χ1) is 10.2. The zero-order chi connectivity index (χ0) is 14.7. The van der Waals surface area contributed by atoms with Crippen molar-refractivity contribution >= 4 is 32.4 Å². The molecular formula is C17H21BrN2O. The number of rotatable bonds is 5. The molecule has 2 aromatic rings. The minimum absolute atomic E-state index is 0.328. The highest BCUT2D eigenvalue weighted by molar-refractivity contribution is 9.10. The van der Waals surface area contributed by atoms with Crippen LogP contribution in [0.3, 0.4) is 0 Å². The van der Waals surface area contributed by atoms with Gasteiger partial charge in [0.05, 0.1) is 6.10 Å². The van der Waals surface area contributed by atoms with E-state index in [-0.39, 0.29) is 6.10 Å². The van der Waals surface area contributed by atoms with Crippen LogP contribution < -0.4 is 5.32 Å². The number of nitrogens with one attached hydrogen (secondary N) is 1. The van der Waals surface area contributed by atoms with Crippen molar-refractivity contribution in [3.8, 4) is 0 Å². The molecule has 1 heterocycles. The van der Waals surface area contributed by atoms with Gasteiger partial charge in [0.2, 0.25) is 0 Å². The molecule has 0 saturated carbocycles. The number of likely N-dealkylation sites (tertiary alicyclic amines) is 1. The third kappa shape index (κ3) is 3.57. The molecule has 0 bridgehead atoms. The molecule has 1 atom stereocenters. The van der Waals surface area contributed by atoms with Gasteiger partial charge in [-0.15, -0.1) is 0 Å². The van der Waals surface area contributed by atoms with Crippen molar-refractivity contribution in [1.82, 2.24) is 4.90 Å². The number of nitrogens with zero attached hydrogens (tertiary/aromatic N) is 1. The topological polar surface area (TPSA) is 35.5 Å². The largest absolute Gasteiger partial charge is 0.390 e. The van der Waals surface area contributed by atoms with Crippen LogP contribution in [0.15, 0.2) is 40.9 Å². The second-order valence-electron chi connectivity index (χ2n) is 5.68. The minimum Gasteiger partial charge on any atom is -0.390 e. The first-order valence-corrected chi connectivity index (χ1v) is 8.35. The predicted octanol–water partition coefficient (Wildman–Crippen LogP) is 3.47. The number of benzene rings is 2. The number of anilines is 1. The third-order valence-corrected chi connectivity index (χ3v) is 4.76. The maximum absolute atomic E-state index is 10.2. The second-order valence-corrected chi connectivity index (χ2v) is 6.54. The summed E-state index contributed by atoms with van der Waals surface area (Å²) >= 11 is 3.59. The van der Waals surface area contributed by atoms with Crippen molar-refractivity contribution < 1.29 is 5.11 Å². The highest BCUT2D eigenvalue weighted by Crippen LogP contribution is 2.29. The monoisotopic (exact) mass is 348 g/mol. The zero-order valence-electron chi connectivity index (χ0n) is 12.1. The first-order valence-electron chi connectivity index (χ1n) is 7.55. The van der Waals surface area contributed by atoms with E-state index < -0.39 is 0 Å². The second kappa shape index (κ2) is 6.77. The highest BCUT2D eigenvalue weighted by Gasteiger charge is 2.15. The fourth-order valence-corrected chi connectivity index (χ4v) is 3.45. The summed E-state index contributed by atoms with van der Waals surface area (Å²) < 4.78 is 1.10. The molecule has 0 spiro atoms. The van der Waals surface area contributed by atoms with Crippen LogP contribution >= 0.6 is 15.9 Å².